The zero-order valence-corrected chi connectivity index (χ0v) is 36.3. The Morgan fingerprint density at radius 1 is 0.887 bits per heavy atom. The summed E-state index contributed by atoms with van der Waals surface area (Å²) in [7, 11) is -4.25. The maximum Gasteiger partial charge on any atom is 0.407 e. The quantitative estimate of drug-likeness (QED) is 0.0937. The number of nitrogens with two attached hydrogens (primary N) is 1. The molecule has 5 atom stereocenters. The number of anilines is 1. The van der Waals surface area contributed by atoms with Crippen LogP contribution in [0.5, 0.6) is 0 Å². The fraction of sp³-hybridized carbons (Fsp3) is 0.524. The highest BCUT2D eigenvalue weighted by Crippen LogP contribution is 2.30. The molecule has 4 rings (SSSR count). The Morgan fingerprint density at radius 3 is 2.15 bits per heavy atom. The molecule has 5 unspecified atom stereocenters. The van der Waals surface area contributed by atoms with Crippen molar-refractivity contribution in [2.75, 3.05) is 25.0 Å². The van der Waals surface area contributed by atoms with Gasteiger partial charge in [-0.1, -0.05) is 76.8 Å². The monoisotopic (exact) mass is 882 g/mol. The Bertz CT molecular complexity index is 2040. The average molecular weight is 883 g/mol. The molecule has 1 heterocycles. The number of rotatable bonds is 20. The standard InChI is InChI=1S/C42H58N8O11S/c1-5-12-32(37(53)40(56)44-22-34(52)47-35(38(43)54)27-13-8-6-9-14-27)46-39(55)33-21-30(49-62(59,60)31-19-17-29(18-20-31)45-26(4)51)23-50(33)41(57)36(28-15-10-7-11-16-28)48-42(58)61-24-25(2)3/h6,8-9,13-14,17-20,25,28,30,32-33,35-36,49H,5,7,10-12,15-16,21-24H2,1-4H3,(H2,43,54)(H,44,56)(H,45,51)(H,46,55)(H,47,52)(H,48,58). The van der Waals surface area contributed by atoms with Crippen molar-refractivity contribution < 1.29 is 51.5 Å². The molecule has 62 heavy (non-hydrogen) atoms. The third-order valence-corrected chi connectivity index (χ3v) is 12.0. The van der Waals surface area contributed by atoms with Crippen molar-refractivity contribution in [3.63, 3.8) is 0 Å². The molecule has 1 aliphatic heterocycles. The zero-order valence-electron chi connectivity index (χ0n) is 35.4. The van der Waals surface area contributed by atoms with Gasteiger partial charge in [0.1, 0.15) is 18.1 Å². The van der Waals surface area contributed by atoms with E-state index in [0.29, 0.717) is 30.5 Å². The minimum atomic E-state index is -4.25. The van der Waals surface area contributed by atoms with Crippen LogP contribution in [0.3, 0.4) is 0 Å². The smallest absolute Gasteiger partial charge is 0.407 e. The van der Waals surface area contributed by atoms with Crippen LogP contribution in [0.25, 0.3) is 0 Å². The first-order valence-corrected chi connectivity index (χ1v) is 22.3. The number of carbonyl (C=O) groups excluding carboxylic acids is 8. The van der Waals surface area contributed by atoms with E-state index < -0.39 is 88.2 Å². The predicted molar refractivity (Wildman–Crippen MR) is 226 cm³/mol. The molecule has 1 saturated carbocycles. The minimum Gasteiger partial charge on any atom is -0.449 e. The number of ether oxygens (including phenoxy) is 1. The van der Waals surface area contributed by atoms with E-state index in [1.54, 1.807) is 37.3 Å². The Hall–Kier alpha value is -5.89. The summed E-state index contributed by atoms with van der Waals surface area (Å²) in [4.78, 5) is 106. The van der Waals surface area contributed by atoms with Gasteiger partial charge in [0.25, 0.3) is 5.91 Å². The second-order valence-corrected chi connectivity index (χ2v) is 17.7. The third kappa shape index (κ3) is 14.1. The van der Waals surface area contributed by atoms with Crippen molar-refractivity contribution in [2.45, 2.75) is 114 Å². The van der Waals surface area contributed by atoms with Gasteiger partial charge in [0.2, 0.25) is 45.3 Å². The van der Waals surface area contributed by atoms with Gasteiger partial charge in [-0.2, -0.15) is 0 Å². The molecular weight excluding hydrogens is 825 g/mol. The summed E-state index contributed by atoms with van der Waals surface area (Å²) in [5, 5.41) is 12.5. The van der Waals surface area contributed by atoms with Gasteiger partial charge in [-0.3, -0.25) is 33.6 Å². The highest BCUT2D eigenvalue weighted by Gasteiger charge is 2.46. The summed E-state index contributed by atoms with van der Waals surface area (Å²) in [5.74, 6) is -6.11. The zero-order chi connectivity index (χ0) is 45.6. The van der Waals surface area contributed by atoms with Crippen molar-refractivity contribution in [2.24, 2.45) is 17.6 Å². The van der Waals surface area contributed by atoms with Crippen LogP contribution in [0, 0.1) is 11.8 Å². The average Bonchev–Trinajstić information content (AvgIpc) is 3.66. The molecule has 0 radical (unpaired) electrons. The third-order valence-electron chi connectivity index (χ3n) is 10.5. The van der Waals surface area contributed by atoms with Gasteiger partial charge in [0, 0.05) is 25.2 Å². The van der Waals surface area contributed by atoms with Gasteiger partial charge in [-0.15, -0.1) is 0 Å². The van der Waals surface area contributed by atoms with Crippen LogP contribution < -0.4 is 37.0 Å². The number of likely N-dealkylation sites (tertiary alicyclic amines) is 1. The molecule has 0 aromatic heterocycles. The summed E-state index contributed by atoms with van der Waals surface area (Å²) < 4.78 is 35.2. The van der Waals surface area contributed by atoms with Gasteiger partial charge in [-0.25, -0.2) is 17.9 Å². The molecular formula is C42H58N8O11S. The second-order valence-electron chi connectivity index (χ2n) is 16.0. The maximum absolute atomic E-state index is 14.6. The fourth-order valence-corrected chi connectivity index (χ4v) is 8.71. The van der Waals surface area contributed by atoms with E-state index in [-0.39, 0.29) is 48.6 Å². The van der Waals surface area contributed by atoms with Crippen LogP contribution in [0.2, 0.25) is 0 Å². The SMILES string of the molecule is CCCC(NC(=O)C1CC(NS(=O)(=O)c2ccc(NC(C)=O)cc2)CN1C(=O)C(NC(=O)OCC(C)C)C1CCCCC1)C(=O)C(=O)NCC(=O)NC(C(N)=O)c1ccccc1. The Balaban J connectivity index is 1.55. The molecule has 2 aliphatic rings. The lowest BCUT2D eigenvalue weighted by Gasteiger charge is -2.34. The number of nitrogens with zero attached hydrogens (tertiary/aromatic N) is 1. The van der Waals surface area contributed by atoms with Crippen molar-refractivity contribution >= 4 is 63.0 Å². The number of nitrogens with one attached hydrogen (secondary N) is 6. The van der Waals surface area contributed by atoms with E-state index in [9.17, 15) is 46.8 Å². The Labute approximate surface area is 361 Å². The number of alkyl carbamates (subject to hydrolysis) is 1. The number of hydrogen-bond donors (Lipinski definition) is 7. The molecule has 1 saturated heterocycles. The molecule has 0 spiro atoms. The molecule has 0 bridgehead atoms. The molecule has 8 N–H and O–H groups in total. The fourth-order valence-electron chi connectivity index (χ4n) is 7.47. The van der Waals surface area contributed by atoms with Crippen LogP contribution in [0.4, 0.5) is 10.5 Å². The molecule has 7 amide bonds. The normalized spacial score (nSPS) is 18.1. The topological polar surface area (TPSA) is 281 Å². The predicted octanol–water partition coefficient (Wildman–Crippen LogP) is 1.54. The number of amides is 7. The largest absolute Gasteiger partial charge is 0.449 e. The van der Waals surface area contributed by atoms with Crippen molar-refractivity contribution in [3.8, 4) is 0 Å². The molecule has 338 valence electrons. The highest BCUT2D eigenvalue weighted by molar-refractivity contribution is 7.89. The number of carbonyl (C=O) groups is 8. The number of primary amides is 1. The van der Waals surface area contributed by atoms with E-state index in [0.717, 1.165) is 19.3 Å². The summed E-state index contributed by atoms with van der Waals surface area (Å²) >= 11 is 0. The van der Waals surface area contributed by atoms with E-state index >= 15 is 0 Å². The van der Waals surface area contributed by atoms with Crippen molar-refractivity contribution in [1.29, 1.82) is 0 Å². The van der Waals surface area contributed by atoms with Gasteiger partial charge >= 0.3 is 6.09 Å². The van der Waals surface area contributed by atoms with Gasteiger partial charge in [-0.05, 0) is 67.3 Å². The molecule has 19 nitrogen and oxygen atoms in total. The highest BCUT2D eigenvalue weighted by atomic mass is 32.2. The molecule has 1 aliphatic carbocycles. The number of sulfonamides is 1. The Kier molecular flexibility index (Phi) is 17.9. The maximum atomic E-state index is 14.6. The molecule has 2 fully saturated rings. The summed E-state index contributed by atoms with van der Waals surface area (Å²) in [6.45, 7) is 5.83. The van der Waals surface area contributed by atoms with Crippen LogP contribution in [0.15, 0.2) is 59.5 Å². The Morgan fingerprint density at radius 2 is 1.55 bits per heavy atom. The molecule has 20 heteroatoms. The first-order valence-electron chi connectivity index (χ1n) is 20.8. The number of hydrogen-bond acceptors (Lipinski definition) is 11. The first kappa shape index (κ1) is 48.8. The minimum absolute atomic E-state index is 0.0125. The summed E-state index contributed by atoms with van der Waals surface area (Å²) in [6.07, 6.45) is 3.00. The molecule has 2 aromatic rings. The van der Waals surface area contributed by atoms with Crippen molar-refractivity contribution in [3.05, 3.63) is 60.2 Å². The van der Waals surface area contributed by atoms with Gasteiger partial charge in [0.15, 0.2) is 0 Å². The van der Waals surface area contributed by atoms with Crippen LogP contribution >= 0.6 is 0 Å². The lowest BCUT2D eigenvalue weighted by Crippen LogP contribution is -2.58. The number of Topliss-reactive ketones (excluding diaryl/α,β-unsaturated/α-hetero) is 1. The van der Waals surface area contributed by atoms with Crippen LogP contribution in [0.1, 0.15) is 90.7 Å². The summed E-state index contributed by atoms with van der Waals surface area (Å²) in [6, 6.07) is 7.44. The van der Waals surface area contributed by atoms with Crippen LogP contribution in [-0.2, 0) is 48.3 Å². The van der Waals surface area contributed by atoms with Gasteiger partial charge < -0.3 is 42.0 Å². The molecule has 2 aromatic carbocycles. The van der Waals surface area contributed by atoms with Crippen LogP contribution in [-0.4, -0.2) is 105 Å². The van der Waals surface area contributed by atoms with E-state index in [2.05, 4.69) is 31.3 Å². The van der Waals surface area contributed by atoms with Crippen molar-refractivity contribution in [1.82, 2.24) is 30.9 Å². The second kappa shape index (κ2) is 22.8. The lowest BCUT2D eigenvalue weighted by molar-refractivity contribution is -0.143. The number of ketones is 1. The van der Waals surface area contributed by atoms with E-state index in [1.165, 1.54) is 36.1 Å². The number of benzene rings is 2. The lowest BCUT2D eigenvalue weighted by atomic mass is 9.83. The van der Waals surface area contributed by atoms with E-state index in [4.69, 9.17) is 10.5 Å². The first-order chi connectivity index (χ1) is 29.4. The van der Waals surface area contributed by atoms with Gasteiger partial charge in [0.05, 0.1) is 24.1 Å². The van der Waals surface area contributed by atoms with E-state index in [1.807, 2.05) is 13.8 Å². The summed E-state index contributed by atoms with van der Waals surface area (Å²) in [5.41, 5.74) is 6.24.